The van der Waals surface area contributed by atoms with E-state index >= 15 is 0 Å². The molecule has 1 aliphatic rings. The van der Waals surface area contributed by atoms with E-state index in [0.29, 0.717) is 6.42 Å². The number of nitrogens with one attached hydrogen (secondary N) is 1. The third-order valence-electron chi connectivity index (χ3n) is 3.54. The van der Waals surface area contributed by atoms with Gasteiger partial charge in [-0.05, 0) is 44.9 Å². The predicted molar refractivity (Wildman–Crippen MR) is 75.0 cm³/mol. The lowest BCUT2D eigenvalue weighted by Gasteiger charge is -2.30. The Kier molecular flexibility index (Phi) is 4.02. The molecule has 2 rings (SSSR count). The number of benzene rings is 1. The summed E-state index contributed by atoms with van der Waals surface area (Å²) in [5.41, 5.74) is 3.48. The van der Waals surface area contributed by atoms with Gasteiger partial charge in [0, 0.05) is 24.7 Å². The van der Waals surface area contributed by atoms with E-state index < -0.39 is 0 Å². The monoisotopic (exact) mass is 246 g/mol. The van der Waals surface area contributed by atoms with E-state index in [0.717, 1.165) is 25.2 Å². The van der Waals surface area contributed by atoms with Crippen LogP contribution >= 0.6 is 0 Å². The molecular formula is C15H22N2O. The summed E-state index contributed by atoms with van der Waals surface area (Å²) in [5, 5.41) is 3.37. The van der Waals surface area contributed by atoms with Crippen LogP contribution in [0.15, 0.2) is 18.2 Å². The van der Waals surface area contributed by atoms with Crippen LogP contribution in [0.5, 0.6) is 0 Å². The lowest BCUT2D eigenvalue weighted by molar-refractivity contribution is -0.119. The summed E-state index contributed by atoms with van der Waals surface area (Å²) in [6, 6.07) is 6.48. The molecule has 1 atom stereocenters. The molecule has 18 heavy (non-hydrogen) atoms. The van der Waals surface area contributed by atoms with Gasteiger partial charge in [0.25, 0.3) is 0 Å². The van der Waals surface area contributed by atoms with Crippen LogP contribution in [-0.2, 0) is 4.79 Å². The van der Waals surface area contributed by atoms with Gasteiger partial charge in [-0.2, -0.15) is 0 Å². The summed E-state index contributed by atoms with van der Waals surface area (Å²) in [6.07, 6.45) is 1.58. The van der Waals surface area contributed by atoms with Crippen molar-refractivity contribution in [2.75, 3.05) is 18.0 Å². The second-order valence-electron chi connectivity index (χ2n) is 5.20. The van der Waals surface area contributed by atoms with Crippen molar-refractivity contribution in [1.82, 2.24) is 5.32 Å². The van der Waals surface area contributed by atoms with Gasteiger partial charge < -0.3 is 10.2 Å². The molecule has 1 amide bonds. The van der Waals surface area contributed by atoms with Gasteiger partial charge in [-0.3, -0.25) is 4.79 Å². The lowest BCUT2D eigenvalue weighted by Crippen LogP contribution is -2.42. The quantitative estimate of drug-likeness (QED) is 0.825. The second kappa shape index (κ2) is 5.53. The van der Waals surface area contributed by atoms with Crippen LogP contribution in [0.4, 0.5) is 5.69 Å². The van der Waals surface area contributed by atoms with E-state index in [9.17, 15) is 4.79 Å². The summed E-state index contributed by atoms with van der Waals surface area (Å²) >= 11 is 0. The molecule has 98 valence electrons. The third-order valence-corrected chi connectivity index (χ3v) is 3.54. The Labute approximate surface area is 109 Å². The average Bonchev–Trinajstić information content (AvgIpc) is 2.29. The van der Waals surface area contributed by atoms with Gasteiger partial charge in [0.1, 0.15) is 0 Å². The van der Waals surface area contributed by atoms with Crippen LogP contribution in [0.1, 0.15) is 30.9 Å². The van der Waals surface area contributed by atoms with Gasteiger partial charge >= 0.3 is 0 Å². The number of para-hydroxylation sites is 1. The molecular weight excluding hydrogens is 224 g/mol. The normalized spacial score (nSPS) is 21.6. The van der Waals surface area contributed by atoms with Crippen molar-refractivity contribution >= 4 is 11.6 Å². The maximum Gasteiger partial charge on any atom is 0.228 e. The minimum absolute atomic E-state index is 0.229. The molecule has 1 fully saturated rings. The number of rotatable bonds is 1. The summed E-state index contributed by atoms with van der Waals surface area (Å²) in [5.74, 6) is 0.229. The van der Waals surface area contributed by atoms with Crippen LogP contribution in [0.2, 0.25) is 0 Å². The predicted octanol–water partition coefficient (Wildman–Crippen LogP) is 2.41. The highest BCUT2D eigenvalue weighted by molar-refractivity contribution is 5.95. The average molecular weight is 246 g/mol. The number of anilines is 1. The molecule has 3 nitrogen and oxygen atoms in total. The highest BCUT2D eigenvalue weighted by atomic mass is 16.2. The first-order valence-corrected chi connectivity index (χ1v) is 6.69. The Bertz CT molecular complexity index is 422. The fourth-order valence-electron chi connectivity index (χ4n) is 2.62. The van der Waals surface area contributed by atoms with Crippen molar-refractivity contribution in [3.8, 4) is 0 Å². The van der Waals surface area contributed by atoms with Gasteiger partial charge in [-0.1, -0.05) is 18.2 Å². The molecule has 0 bridgehead atoms. The maximum absolute atomic E-state index is 12.4. The molecule has 0 aliphatic carbocycles. The molecule has 1 saturated heterocycles. The maximum atomic E-state index is 12.4. The Morgan fingerprint density at radius 1 is 1.28 bits per heavy atom. The molecule has 1 aliphatic heterocycles. The SMILES string of the molecule is Cc1cccc(C)c1N1CCCNC(C)CC1=O. The minimum Gasteiger partial charge on any atom is -0.314 e. The van der Waals surface area contributed by atoms with Crippen LogP contribution in [0, 0.1) is 13.8 Å². The highest BCUT2D eigenvalue weighted by Gasteiger charge is 2.22. The number of hydrogen-bond acceptors (Lipinski definition) is 2. The van der Waals surface area contributed by atoms with Crippen LogP contribution in [-0.4, -0.2) is 25.0 Å². The topological polar surface area (TPSA) is 32.3 Å². The van der Waals surface area contributed by atoms with E-state index in [1.54, 1.807) is 0 Å². The number of nitrogens with zero attached hydrogens (tertiary/aromatic N) is 1. The van der Waals surface area contributed by atoms with Gasteiger partial charge in [0.15, 0.2) is 0 Å². The van der Waals surface area contributed by atoms with Crippen molar-refractivity contribution in [3.63, 3.8) is 0 Å². The van der Waals surface area contributed by atoms with Gasteiger partial charge in [-0.25, -0.2) is 0 Å². The highest BCUT2D eigenvalue weighted by Crippen LogP contribution is 2.26. The Morgan fingerprint density at radius 2 is 1.94 bits per heavy atom. The fraction of sp³-hybridized carbons (Fsp3) is 0.533. The molecule has 0 radical (unpaired) electrons. The summed E-state index contributed by atoms with van der Waals surface area (Å²) < 4.78 is 0. The van der Waals surface area contributed by atoms with Crippen molar-refractivity contribution in [1.29, 1.82) is 0 Å². The third kappa shape index (κ3) is 2.72. The smallest absolute Gasteiger partial charge is 0.228 e. The zero-order valence-corrected chi connectivity index (χ0v) is 11.5. The minimum atomic E-state index is 0.229. The number of aryl methyl sites for hydroxylation is 2. The van der Waals surface area contributed by atoms with Crippen molar-refractivity contribution in [2.45, 2.75) is 39.7 Å². The number of carbonyl (C=O) groups excluding carboxylic acids is 1. The Hall–Kier alpha value is -1.35. The first-order chi connectivity index (χ1) is 8.59. The van der Waals surface area contributed by atoms with Gasteiger partial charge in [-0.15, -0.1) is 0 Å². The molecule has 1 heterocycles. The summed E-state index contributed by atoms with van der Waals surface area (Å²) in [7, 11) is 0. The number of carbonyl (C=O) groups is 1. The first-order valence-electron chi connectivity index (χ1n) is 6.69. The largest absolute Gasteiger partial charge is 0.314 e. The summed E-state index contributed by atoms with van der Waals surface area (Å²) in [6.45, 7) is 8.03. The molecule has 1 aromatic rings. The van der Waals surface area contributed by atoms with E-state index in [1.165, 1.54) is 11.1 Å². The molecule has 0 aromatic heterocycles. The number of amides is 1. The zero-order valence-electron chi connectivity index (χ0n) is 11.5. The molecule has 3 heteroatoms. The van der Waals surface area contributed by atoms with Crippen molar-refractivity contribution < 1.29 is 4.79 Å². The molecule has 1 aromatic carbocycles. The van der Waals surface area contributed by atoms with E-state index in [1.807, 2.05) is 11.0 Å². The van der Waals surface area contributed by atoms with Crippen LogP contribution < -0.4 is 10.2 Å². The number of hydrogen-bond donors (Lipinski definition) is 1. The standard InChI is InChI=1S/C15H22N2O/c1-11-6-4-7-12(2)15(11)17-9-5-8-16-13(3)10-14(17)18/h4,6-7,13,16H,5,8-10H2,1-3H3. The van der Waals surface area contributed by atoms with Gasteiger partial charge in [0.2, 0.25) is 5.91 Å². The van der Waals surface area contributed by atoms with E-state index in [4.69, 9.17) is 0 Å². The Morgan fingerprint density at radius 3 is 2.61 bits per heavy atom. The zero-order chi connectivity index (χ0) is 13.1. The van der Waals surface area contributed by atoms with Crippen LogP contribution in [0.3, 0.4) is 0 Å². The first kappa shape index (κ1) is 13.1. The second-order valence-corrected chi connectivity index (χ2v) is 5.20. The summed E-state index contributed by atoms with van der Waals surface area (Å²) in [4.78, 5) is 14.3. The molecule has 1 N–H and O–H groups in total. The van der Waals surface area contributed by atoms with E-state index in [2.05, 4.69) is 38.2 Å². The lowest BCUT2D eigenvalue weighted by atomic mass is 10.1. The van der Waals surface area contributed by atoms with Crippen molar-refractivity contribution in [3.05, 3.63) is 29.3 Å². The van der Waals surface area contributed by atoms with Gasteiger partial charge in [0.05, 0.1) is 0 Å². The Balaban J connectivity index is 2.32. The van der Waals surface area contributed by atoms with E-state index in [-0.39, 0.29) is 11.9 Å². The molecule has 1 unspecified atom stereocenters. The molecule has 0 spiro atoms. The fourth-order valence-corrected chi connectivity index (χ4v) is 2.62. The molecule has 0 saturated carbocycles. The van der Waals surface area contributed by atoms with Crippen LogP contribution in [0.25, 0.3) is 0 Å². The van der Waals surface area contributed by atoms with Crippen molar-refractivity contribution in [2.24, 2.45) is 0 Å².